The second kappa shape index (κ2) is 5.23. The Bertz CT molecular complexity index is 357. The van der Waals surface area contributed by atoms with Crippen molar-refractivity contribution in [1.29, 1.82) is 0 Å². The fourth-order valence-corrected chi connectivity index (χ4v) is 1.90. The van der Waals surface area contributed by atoms with Gasteiger partial charge in [0.15, 0.2) is 0 Å². The van der Waals surface area contributed by atoms with Crippen LogP contribution in [0.25, 0.3) is 0 Å². The van der Waals surface area contributed by atoms with Gasteiger partial charge in [0.1, 0.15) is 0 Å². The number of thiol groups is 1. The summed E-state index contributed by atoms with van der Waals surface area (Å²) in [6.45, 7) is 1.72. The van der Waals surface area contributed by atoms with Gasteiger partial charge in [-0.25, -0.2) is 0 Å². The van der Waals surface area contributed by atoms with Crippen LogP contribution in [-0.2, 0) is 4.79 Å². The number of carbonyl (C=O) groups excluding carboxylic acids is 1. The van der Waals surface area contributed by atoms with Gasteiger partial charge in [-0.1, -0.05) is 11.6 Å². The molecule has 0 spiro atoms. The molecule has 1 aromatic rings. The predicted octanol–water partition coefficient (Wildman–Crippen LogP) is 3.20. The third-order valence-electron chi connectivity index (χ3n) is 1.57. The maximum absolute atomic E-state index is 11.3. The van der Waals surface area contributed by atoms with Crippen LogP contribution in [0.4, 0.5) is 5.69 Å². The van der Waals surface area contributed by atoms with E-state index < -0.39 is 0 Å². The first-order valence-electron chi connectivity index (χ1n) is 3.94. The Kier molecular flexibility index (Phi) is 4.53. The van der Waals surface area contributed by atoms with Gasteiger partial charge in [0.2, 0.25) is 5.91 Å². The van der Waals surface area contributed by atoms with Crippen LogP contribution in [0.5, 0.6) is 0 Å². The fraction of sp³-hybridized carbons (Fsp3) is 0.222. The van der Waals surface area contributed by atoms with Gasteiger partial charge in [-0.3, -0.25) is 4.79 Å². The molecule has 1 unspecified atom stereocenters. The molecule has 1 N–H and O–H groups in total. The molecular formula is C9H9ClINOS. The molecule has 0 saturated carbocycles. The van der Waals surface area contributed by atoms with Gasteiger partial charge in [0, 0.05) is 8.59 Å². The standard InChI is InChI=1S/C9H9ClINOS/c1-5(14)9(13)12-8-3-2-6(10)4-7(8)11/h2-5,14H,1H3,(H,12,13). The lowest BCUT2D eigenvalue weighted by Gasteiger charge is -2.08. The lowest BCUT2D eigenvalue weighted by Crippen LogP contribution is -2.20. The third kappa shape index (κ3) is 3.33. The van der Waals surface area contributed by atoms with Crippen LogP contribution >= 0.6 is 46.8 Å². The summed E-state index contributed by atoms with van der Waals surface area (Å²) >= 11 is 11.9. The molecule has 1 amide bonds. The molecule has 1 rings (SSSR count). The third-order valence-corrected chi connectivity index (χ3v) is 2.93. The van der Waals surface area contributed by atoms with Crippen molar-refractivity contribution in [2.45, 2.75) is 12.2 Å². The fourth-order valence-electron chi connectivity index (χ4n) is 0.828. The summed E-state index contributed by atoms with van der Waals surface area (Å²) in [5.74, 6) is -0.117. The molecule has 14 heavy (non-hydrogen) atoms. The minimum atomic E-state index is -0.318. The minimum Gasteiger partial charge on any atom is -0.324 e. The molecule has 0 radical (unpaired) electrons. The second-order valence-electron chi connectivity index (χ2n) is 2.79. The lowest BCUT2D eigenvalue weighted by molar-refractivity contribution is -0.115. The van der Waals surface area contributed by atoms with Crippen LogP contribution in [0, 0.1) is 3.57 Å². The summed E-state index contributed by atoms with van der Waals surface area (Å²) in [4.78, 5) is 11.3. The molecule has 0 bridgehead atoms. The molecule has 0 fully saturated rings. The Hall–Kier alpha value is 0.0600. The Morgan fingerprint density at radius 1 is 1.64 bits per heavy atom. The van der Waals surface area contributed by atoms with Crippen LogP contribution in [0.2, 0.25) is 5.02 Å². The highest BCUT2D eigenvalue weighted by Gasteiger charge is 2.09. The summed E-state index contributed by atoms with van der Waals surface area (Å²) in [7, 11) is 0. The number of hydrogen-bond acceptors (Lipinski definition) is 2. The number of carbonyl (C=O) groups is 1. The van der Waals surface area contributed by atoms with Gasteiger partial charge < -0.3 is 5.32 Å². The van der Waals surface area contributed by atoms with Crippen LogP contribution in [0.3, 0.4) is 0 Å². The SMILES string of the molecule is CC(S)C(=O)Nc1ccc(Cl)cc1I. The van der Waals surface area contributed by atoms with E-state index in [1.165, 1.54) is 0 Å². The highest BCUT2D eigenvalue weighted by Crippen LogP contribution is 2.22. The van der Waals surface area contributed by atoms with Gasteiger partial charge >= 0.3 is 0 Å². The van der Waals surface area contributed by atoms with Crippen LogP contribution < -0.4 is 5.32 Å². The normalized spacial score (nSPS) is 12.3. The first-order valence-corrected chi connectivity index (χ1v) is 5.92. The van der Waals surface area contributed by atoms with Crippen molar-refractivity contribution in [3.8, 4) is 0 Å². The maximum Gasteiger partial charge on any atom is 0.236 e. The number of anilines is 1. The van der Waals surface area contributed by atoms with E-state index in [0.29, 0.717) is 5.02 Å². The first-order chi connectivity index (χ1) is 6.50. The Morgan fingerprint density at radius 2 is 2.29 bits per heavy atom. The van der Waals surface area contributed by atoms with E-state index in [-0.39, 0.29) is 11.2 Å². The number of benzene rings is 1. The minimum absolute atomic E-state index is 0.117. The molecule has 2 nitrogen and oxygen atoms in total. The van der Waals surface area contributed by atoms with Gasteiger partial charge in [-0.15, -0.1) is 0 Å². The molecule has 1 atom stereocenters. The Balaban J connectivity index is 2.82. The lowest BCUT2D eigenvalue weighted by atomic mass is 10.3. The van der Waals surface area contributed by atoms with Gasteiger partial charge in [0.05, 0.1) is 10.9 Å². The summed E-state index contributed by atoms with van der Waals surface area (Å²) < 4.78 is 0.914. The van der Waals surface area contributed by atoms with E-state index in [2.05, 4.69) is 40.5 Å². The average molecular weight is 342 g/mol. The van der Waals surface area contributed by atoms with Crippen LogP contribution in [-0.4, -0.2) is 11.2 Å². The van der Waals surface area contributed by atoms with Crippen molar-refractivity contribution in [2.75, 3.05) is 5.32 Å². The molecule has 0 saturated heterocycles. The monoisotopic (exact) mass is 341 g/mol. The predicted molar refractivity (Wildman–Crippen MR) is 71.2 cm³/mol. The molecule has 0 heterocycles. The number of rotatable bonds is 2. The molecule has 1 aromatic carbocycles. The smallest absolute Gasteiger partial charge is 0.236 e. The Morgan fingerprint density at radius 3 is 2.79 bits per heavy atom. The summed E-state index contributed by atoms with van der Waals surface area (Å²) in [5.41, 5.74) is 0.765. The van der Waals surface area contributed by atoms with Crippen molar-refractivity contribution in [3.63, 3.8) is 0 Å². The molecule has 0 aliphatic rings. The molecule has 0 aliphatic carbocycles. The van der Waals surface area contributed by atoms with Crippen LogP contribution in [0.1, 0.15) is 6.92 Å². The van der Waals surface area contributed by atoms with Crippen LogP contribution in [0.15, 0.2) is 18.2 Å². The van der Waals surface area contributed by atoms with Crippen molar-refractivity contribution >= 4 is 58.4 Å². The van der Waals surface area contributed by atoms with Gasteiger partial charge in [-0.05, 0) is 47.7 Å². The molecule has 5 heteroatoms. The zero-order chi connectivity index (χ0) is 10.7. The molecule has 0 aliphatic heterocycles. The highest BCUT2D eigenvalue weighted by atomic mass is 127. The van der Waals surface area contributed by atoms with Crippen molar-refractivity contribution in [1.82, 2.24) is 0 Å². The van der Waals surface area contributed by atoms with E-state index in [1.807, 2.05) is 0 Å². The Labute approximate surface area is 107 Å². The molecule has 76 valence electrons. The number of halogens is 2. The van der Waals surface area contributed by atoms with Crippen molar-refractivity contribution < 1.29 is 4.79 Å². The number of hydrogen-bond donors (Lipinski definition) is 2. The number of amides is 1. The highest BCUT2D eigenvalue weighted by molar-refractivity contribution is 14.1. The van der Waals surface area contributed by atoms with E-state index in [1.54, 1.807) is 25.1 Å². The van der Waals surface area contributed by atoms with Crippen molar-refractivity contribution in [3.05, 3.63) is 26.8 Å². The molecule has 0 aromatic heterocycles. The zero-order valence-corrected chi connectivity index (χ0v) is 11.2. The second-order valence-corrected chi connectivity index (χ2v) is 5.16. The zero-order valence-electron chi connectivity index (χ0n) is 7.42. The topological polar surface area (TPSA) is 29.1 Å². The van der Waals surface area contributed by atoms with E-state index in [9.17, 15) is 4.79 Å². The van der Waals surface area contributed by atoms with E-state index >= 15 is 0 Å². The van der Waals surface area contributed by atoms with E-state index in [4.69, 9.17) is 11.6 Å². The average Bonchev–Trinajstić information content (AvgIpc) is 2.09. The largest absolute Gasteiger partial charge is 0.324 e. The summed E-state index contributed by atoms with van der Waals surface area (Å²) in [6, 6.07) is 5.31. The first kappa shape index (κ1) is 12.1. The summed E-state index contributed by atoms with van der Waals surface area (Å²) in [5, 5.41) is 3.10. The van der Waals surface area contributed by atoms with Gasteiger partial charge in [0.25, 0.3) is 0 Å². The maximum atomic E-state index is 11.3. The quantitative estimate of drug-likeness (QED) is 0.628. The number of nitrogens with one attached hydrogen (secondary N) is 1. The molecular weight excluding hydrogens is 333 g/mol. The summed E-state index contributed by atoms with van der Waals surface area (Å²) in [6.07, 6.45) is 0. The van der Waals surface area contributed by atoms with Gasteiger partial charge in [-0.2, -0.15) is 12.6 Å². The van der Waals surface area contributed by atoms with Crippen molar-refractivity contribution in [2.24, 2.45) is 0 Å². The van der Waals surface area contributed by atoms with E-state index in [0.717, 1.165) is 9.26 Å².